The van der Waals surface area contributed by atoms with Crippen molar-refractivity contribution in [3.05, 3.63) is 382 Å². The summed E-state index contributed by atoms with van der Waals surface area (Å²) in [6.07, 6.45) is 0. The zero-order chi connectivity index (χ0) is 74.7. The summed E-state index contributed by atoms with van der Waals surface area (Å²) < 4.78 is 20.8. The first-order chi connectivity index (χ1) is 55.7. The number of aromatic nitrogens is 2. The molecule has 6 heterocycles. The average molecular weight is 1440 g/mol. The number of benzene rings is 17. The number of hydrogen-bond acceptors (Lipinski definition) is 4. The van der Waals surface area contributed by atoms with Crippen molar-refractivity contribution < 1.29 is 9.47 Å². The van der Waals surface area contributed by atoms with Gasteiger partial charge in [0.15, 0.2) is 0 Å². The van der Waals surface area contributed by atoms with Crippen LogP contribution >= 0.6 is 0 Å². The summed E-state index contributed by atoms with van der Waals surface area (Å²) in [5.74, 6) is 3.03. The van der Waals surface area contributed by atoms with E-state index in [0.717, 1.165) is 201 Å². The number of hydrogen-bond donors (Lipinski definition) is 0. The predicted molar refractivity (Wildman–Crippen MR) is 471 cm³/mol. The van der Waals surface area contributed by atoms with Gasteiger partial charge in [-0.05, 0) is 181 Å². The molecule has 6 nitrogen and oxygen atoms in total. The largest absolute Gasteiger partial charge is 0.456 e. The van der Waals surface area contributed by atoms with Gasteiger partial charge in [-0.1, -0.05) is 288 Å². The van der Waals surface area contributed by atoms with Crippen LogP contribution in [0.4, 0.5) is 34.1 Å². The van der Waals surface area contributed by atoms with E-state index in [9.17, 15) is 0 Å². The lowest BCUT2D eigenvalue weighted by atomic mass is 9.33. The SMILES string of the molecule is CC(C)(C)c1cc2c3c(c1)N1c4ccc(-c5ccccc5)cc4-c4cc5c(cc4Oc4ccccc4-c4c(-c6ccccc6)ccc(c41)B3c1ccc(-c3ccccc3)c3c1N2c1ccc(-c2ccccc2)cc1-c1cc2c(cc1Oc1ccccc1-3)c1ccccc1n2-c1ccccc1)c1ccccc1n5-c1ccccc1. The van der Waals surface area contributed by atoms with Crippen LogP contribution in [0.2, 0.25) is 0 Å². The molecular weight excluding hydrogens is 1370 g/mol. The standard InChI is InChI=1S/C106H71BN4O2/c1-106(2,3)72-60-95-103-96(61-72)111-92-57-51-71(67-32-12-5-13-33-67)59-82(92)86-63-94-84(78-43-23-27-47-90(78)109(94)74-40-20-9-21-41-74)65-100(86)113-98-49-29-25-45-80(98)102-76(69-36-16-7-17-37-69)53-55-88(105(102)111)107(103)87-54-52-75(68-34-14-6-15-35-68)101-79-44-24-28-48-97(79)112-99-64-83-77-42-22-26-46-89(77)108(73-38-18-8-19-39-73)93(83)62-85(99)81-58-70(66-30-10-4-11-31-66)50-56-91(81)110(95)104(87)101/h4-65H,1-3H3. The summed E-state index contributed by atoms with van der Waals surface area (Å²) >= 11 is 0. The molecule has 19 aromatic rings. The van der Waals surface area contributed by atoms with Crippen molar-refractivity contribution in [2.45, 2.75) is 26.2 Å². The van der Waals surface area contributed by atoms with Gasteiger partial charge in [0.05, 0.1) is 44.8 Å². The number of para-hydroxylation sites is 6. The number of nitrogens with zero attached hydrogens (tertiary/aromatic N) is 4. The van der Waals surface area contributed by atoms with Crippen LogP contribution in [0.5, 0.6) is 23.0 Å². The fourth-order valence-electron chi connectivity index (χ4n) is 18.9. The van der Waals surface area contributed by atoms with Crippen molar-refractivity contribution in [1.29, 1.82) is 0 Å². The second-order valence-corrected chi connectivity index (χ2v) is 31.4. The molecule has 0 N–H and O–H groups in total. The van der Waals surface area contributed by atoms with Gasteiger partial charge in [0.1, 0.15) is 23.0 Å². The second kappa shape index (κ2) is 25.1. The smallest absolute Gasteiger partial charge is 0.252 e. The Kier molecular flexibility index (Phi) is 14.3. The fourth-order valence-corrected chi connectivity index (χ4v) is 18.9. The van der Waals surface area contributed by atoms with Crippen LogP contribution < -0.4 is 35.7 Å². The van der Waals surface area contributed by atoms with Crippen LogP contribution in [0.15, 0.2) is 376 Å². The highest BCUT2D eigenvalue weighted by atomic mass is 16.5. The first-order valence-electron chi connectivity index (χ1n) is 39.2. The Balaban J connectivity index is 0.905. The maximum absolute atomic E-state index is 7.94. The molecule has 0 fully saturated rings. The molecule has 0 aliphatic carbocycles. The summed E-state index contributed by atoms with van der Waals surface area (Å²) in [6, 6.07) is 140. The number of anilines is 6. The lowest BCUT2D eigenvalue weighted by Gasteiger charge is -2.47. The van der Waals surface area contributed by atoms with Gasteiger partial charge in [-0.3, -0.25) is 0 Å². The van der Waals surface area contributed by atoms with Crippen LogP contribution in [0.25, 0.3) is 144 Å². The van der Waals surface area contributed by atoms with Crippen LogP contribution in [-0.4, -0.2) is 15.8 Å². The van der Waals surface area contributed by atoms with Crippen molar-refractivity contribution in [3.63, 3.8) is 0 Å². The Bertz CT molecular complexity index is 6730. The minimum absolute atomic E-state index is 0.355. The molecule has 113 heavy (non-hydrogen) atoms. The van der Waals surface area contributed by atoms with Gasteiger partial charge >= 0.3 is 0 Å². The summed E-state index contributed by atoms with van der Waals surface area (Å²) in [7, 11) is 0. The summed E-state index contributed by atoms with van der Waals surface area (Å²) in [4.78, 5) is 5.41. The lowest BCUT2D eigenvalue weighted by molar-refractivity contribution is 0.487. The van der Waals surface area contributed by atoms with Gasteiger partial charge in [0.2, 0.25) is 0 Å². The highest BCUT2D eigenvalue weighted by molar-refractivity contribution is 7.00. The van der Waals surface area contributed by atoms with E-state index in [1.54, 1.807) is 0 Å². The van der Waals surface area contributed by atoms with Crippen molar-refractivity contribution >= 4 is 101 Å². The molecule has 530 valence electrons. The van der Waals surface area contributed by atoms with Gasteiger partial charge in [-0.15, -0.1) is 0 Å². The number of fused-ring (bicyclic) bond motifs is 22. The average Bonchev–Trinajstić information content (AvgIpc) is 1.38. The van der Waals surface area contributed by atoms with E-state index in [1.165, 1.54) is 22.0 Å². The minimum atomic E-state index is -0.397. The van der Waals surface area contributed by atoms with E-state index >= 15 is 0 Å². The van der Waals surface area contributed by atoms with E-state index in [2.05, 4.69) is 416 Å². The number of rotatable bonds is 6. The molecule has 0 unspecified atom stereocenters. The minimum Gasteiger partial charge on any atom is -0.456 e. The summed E-state index contributed by atoms with van der Waals surface area (Å²) in [5, 5.41) is 4.49. The van der Waals surface area contributed by atoms with Gasteiger partial charge in [0, 0.05) is 88.8 Å². The van der Waals surface area contributed by atoms with Crippen LogP contribution in [0.3, 0.4) is 0 Å². The molecule has 7 heteroatoms. The van der Waals surface area contributed by atoms with Gasteiger partial charge in [-0.2, -0.15) is 0 Å². The van der Waals surface area contributed by atoms with E-state index in [4.69, 9.17) is 9.47 Å². The first-order valence-corrected chi connectivity index (χ1v) is 39.2. The molecule has 0 radical (unpaired) electrons. The second-order valence-electron chi connectivity index (χ2n) is 31.4. The quantitative estimate of drug-likeness (QED) is 0.155. The Morgan fingerprint density at radius 3 is 1.04 bits per heavy atom. The molecule has 4 aliphatic heterocycles. The topological polar surface area (TPSA) is 34.8 Å². The first kappa shape index (κ1) is 64.6. The fraction of sp³-hybridized carbons (Fsp3) is 0.0377. The monoisotopic (exact) mass is 1440 g/mol. The molecule has 0 saturated heterocycles. The summed E-state index contributed by atoms with van der Waals surface area (Å²) in [6.45, 7) is 6.80. The third-order valence-corrected chi connectivity index (χ3v) is 24.0. The Labute approximate surface area is 656 Å². The molecule has 0 amide bonds. The molecule has 2 aromatic heterocycles. The Hall–Kier alpha value is -14.4. The predicted octanol–water partition coefficient (Wildman–Crippen LogP) is 26.8. The van der Waals surface area contributed by atoms with Gasteiger partial charge < -0.3 is 28.4 Å². The van der Waals surface area contributed by atoms with Crippen LogP contribution in [-0.2, 0) is 5.41 Å². The van der Waals surface area contributed by atoms with Crippen molar-refractivity contribution in [2.75, 3.05) is 9.80 Å². The molecule has 17 aromatic carbocycles. The Morgan fingerprint density at radius 2 is 0.619 bits per heavy atom. The van der Waals surface area contributed by atoms with Crippen LogP contribution in [0.1, 0.15) is 26.3 Å². The number of ether oxygens (including phenoxy) is 2. The molecule has 0 bridgehead atoms. The maximum atomic E-state index is 7.94. The highest BCUT2D eigenvalue weighted by Crippen LogP contribution is 2.60. The third-order valence-electron chi connectivity index (χ3n) is 24.0. The zero-order valence-electron chi connectivity index (χ0n) is 62.5. The van der Waals surface area contributed by atoms with Crippen molar-refractivity contribution in [1.82, 2.24) is 9.13 Å². The molecule has 0 spiro atoms. The van der Waals surface area contributed by atoms with Crippen molar-refractivity contribution in [2.24, 2.45) is 0 Å². The molecule has 23 rings (SSSR count). The van der Waals surface area contributed by atoms with E-state index in [1.807, 2.05) is 0 Å². The van der Waals surface area contributed by atoms with Gasteiger partial charge in [-0.25, -0.2) is 0 Å². The van der Waals surface area contributed by atoms with Crippen LogP contribution in [0, 0.1) is 0 Å². The maximum Gasteiger partial charge on any atom is 0.252 e. The summed E-state index contributed by atoms with van der Waals surface area (Å²) in [5.41, 5.74) is 34.3. The molecule has 0 saturated carbocycles. The normalized spacial score (nSPS) is 12.8. The van der Waals surface area contributed by atoms with E-state index in [-0.39, 0.29) is 6.71 Å². The van der Waals surface area contributed by atoms with Gasteiger partial charge in [0.25, 0.3) is 6.71 Å². The highest BCUT2D eigenvalue weighted by Gasteiger charge is 2.48. The van der Waals surface area contributed by atoms with E-state index < -0.39 is 5.41 Å². The zero-order valence-corrected chi connectivity index (χ0v) is 62.5. The third kappa shape index (κ3) is 9.94. The lowest BCUT2D eigenvalue weighted by Crippen LogP contribution is -2.61. The molecular formula is C106H71BN4O2. The molecule has 0 atom stereocenters. The van der Waals surface area contributed by atoms with E-state index in [0.29, 0.717) is 0 Å². The molecule has 4 aliphatic rings. The Morgan fingerprint density at radius 1 is 0.248 bits per heavy atom. The van der Waals surface area contributed by atoms with Crippen molar-refractivity contribution in [3.8, 4) is 123 Å².